The molecule has 0 unspecified atom stereocenters. The van der Waals surface area contributed by atoms with Gasteiger partial charge in [-0.1, -0.05) is 176 Å². The van der Waals surface area contributed by atoms with Crippen LogP contribution < -0.4 is 4.90 Å². The van der Waals surface area contributed by atoms with Crippen molar-refractivity contribution in [1.29, 1.82) is 0 Å². The van der Waals surface area contributed by atoms with E-state index in [0.29, 0.717) is 0 Å². The van der Waals surface area contributed by atoms with E-state index in [2.05, 4.69) is 264 Å². The zero-order chi connectivity index (χ0) is 46.6. The van der Waals surface area contributed by atoms with Crippen LogP contribution in [0.25, 0.3) is 91.9 Å². The lowest BCUT2D eigenvalue weighted by atomic mass is 9.67. The van der Waals surface area contributed by atoms with E-state index in [1.165, 1.54) is 64.3 Å². The Morgan fingerprint density at radius 3 is 1.83 bits per heavy atom. The van der Waals surface area contributed by atoms with E-state index in [9.17, 15) is 0 Å². The fraction of sp³-hybridized carbons (Fsp3) is 0.0149. The van der Waals surface area contributed by atoms with Crippen molar-refractivity contribution in [2.75, 3.05) is 4.90 Å². The highest BCUT2D eigenvalue weighted by atomic mass is 32.1. The van der Waals surface area contributed by atoms with E-state index < -0.39 is 5.41 Å². The molecule has 14 aromatic rings. The van der Waals surface area contributed by atoms with E-state index in [1.807, 2.05) is 11.3 Å². The van der Waals surface area contributed by atoms with Gasteiger partial charge in [-0.15, -0.1) is 11.3 Å². The van der Waals surface area contributed by atoms with Gasteiger partial charge in [0.15, 0.2) is 0 Å². The smallest absolute Gasteiger partial charge is 0.143 e. The van der Waals surface area contributed by atoms with Crippen LogP contribution in [0.15, 0.2) is 259 Å². The van der Waals surface area contributed by atoms with Gasteiger partial charge >= 0.3 is 0 Å². The molecule has 1 aliphatic rings. The number of fused-ring (bicyclic) bond motifs is 12. The maximum absolute atomic E-state index is 6.89. The number of hydrogen-bond acceptors (Lipinski definition) is 3. The molecule has 71 heavy (non-hydrogen) atoms. The SMILES string of the molecule is c1ccc(N(c2ccc3c(c2)sc2ccccc23)c2cc(-c3ccc4c(c3)c3ccccc3n4-c3ccc4c(c3)C(c3ccccc3)(c3ccccc3)c3ccccc3-4)c3oc4ccccc4c3c2)cc1. The molecule has 0 bridgehead atoms. The second-order valence-electron chi connectivity index (χ2n) is 18.8. The molecule has 0 saturated carbocycles. The second-order valence-corrected chi connectivity index (χ2v) is 19.8. The Labute approximate surface area is 414 Å². The van der Waals surface area contributed by atoms with Gasteiger partial charge in [-0.25, -0.2) is 0 Å². The zero-order valence-corrected chi connectivity index (χ0v) is 39.3. The summed E-state index contributed by atoms with van der Waals surface area (Å²) in [6.45, 7) is 0. The van der Waals surface area contributed by atoms with Crippen molar-refractivity contribution in [2.45, 2.75) is 5.41 Å². The maximum atomic E-state index is 6.89. The van der Waals surface area contributed by atoms with Gasteiger partial charge in [0, 0.05) is 70.0 Å². The molecule has 4 heteroatoms. The summed E-state index contributed by atoms with van der Waals surface area (Å²) in [6, 6.07) is 93.6. The number of thiophene rings is 1. The van der Waals surface area contributed by atoms with Crippen LogP contribution in [0.3, 0.4) is 0 Å². The van der Waals surface area contributed by atoms with Gasteiger partial charge in [0.05, 0.1) is 16.4 Å². The maximum Gasteiger partial charge on any atom is 0.143 e. The fourth-order valence-corrected chi connectivity index (χ4v) is 13.2. The van der Waals surface area contributed by atoms with Crippen LogP contribution in [0.4, 0.5) is 17.1 Å². The summed E-state index contributed by atoms with van der Waals surface area (Å²) in [4.78, 5) is 2.40. The van der Waals surface area contributed by atoms with Crippen molar-refractivity contribution in [2.24, 2.45) is 0 Å². The topological polar surface area (TPSA) is 21.3 Å². The first-order valence-electron chi connectivity index (χ1n) is 24.3. The van der Waals surface area contributed by atoms with Gasteiger partial charge in [0.2, 0.25) is 0 Å². The zero-order valence-electron chi connectivity index (χ0n) is 38.5. The minimum atomic E-state index is -0.503. The fourth-order valence-electron chi connectivity index (χ4n) is 12.0. The third-order valence-corrected chi connectivity index (χ3v) is 16.2. The highest BCUT2D eigenvalue weighted by Crippen LogP contribution is 2.57. The highest BCUT2D eigenvalue weighted by molar-refractivity contribution is 7.25. The third kappa shape index (κ3) is 5.89. The van der Waals surface area contributed by atoms with Crippen molar-refractivity contribution in [1.82, 2.24) is 4.57 Å². The largest absolute Gasteiger partial charge is 0.455 e. The van der Waals surface area contributed by atoms with E-state index in [1.54, 1.807) is 0 Å². The summed E-state index contributed by atoms with van der Waals surface area (Å²) in [5, 5.41) is 7.14. The first-order chi connectivity index (χ1) is 35.2. The lowest BCUT2D eigenvalue weighted by Crippen LogP contribution is -2.28. The average molecular weight is 923 g/mol. The van der Waals surface area contributed by atoms with E-state index >= 15 is 0 Å². The molecule has 0 N–H and O–H groups in total. The van der Waals surface area contributed by atoms with Crippen molar-refractivity contribution in [3.8, 4) is 27.9 Å². The lowest BCUT2D eigenvalue weighted by molar-refractivity contribution is 0.670. The van der Waals surface area contributed by atoms with Crippen LogP contribution in [-0.4, -0.2) is 4.57 Å². The normalized spacial score (nSPS) is 12.9. The molecule has 332 valence electrons. The summed E-state index contributed by atoms with van der Waals surface area (Å²) in [7, 11) is 0. The molecule has 0 spiro atoms. The average Bonchev–Trinajstić information content (AvgIpc) is 4.18. The van der Waals surface area contributed by atoms with E-state index in [0.717, 1.165) is 66.8 Å². The van der Waals surface area contributed by atoms with Crippen molar-refractivity contribution < 1.29 is 4.42 Å². The number of nitrogens with zero attached hydrogens (tertiary/aromatic N) is 2. The number of hydrogen-bond donors (Lipinski definition) is 0. The number of rotatable bonds is 7. The summed E-state index contributed by atoms with van der Waals surface area (Å²) < 4.78 is 11.9. The molecule has 3 heterocycles. The number of anilines is 3. The van der Waals surface area contributed by atoms with Gasteiger partial charge in [0.25, 0.3) is 0 Å². The Balaban J connectivity index is 0.946. The molecule has 0 radical (unpaired) electrons. The quantitative estimate of drug-likeness (QED) is 0.159. The molecule has 0 saturated heterocycles. The monoisotopic (exact) mass is 922 g/mol. The molecule has 3 aromatic heterocycles. The van der Waals surface area contributed by atoms with E-state index in [-0.39, 0.29) is 0 Å². The molecule has 0 amide bonds. The molecule has 1 aliphatic carbocycles. The van der Waals surface area contributed by atoms with Crippen molar-refractivity contribution in [3.05, 3.63) is 277 Å². The first-order valence-corrected chi connectivity index (χ1v) is 25.1. The molecule has 3 nitrogen and oxygen atoms in total. The van der Waals surface area contributed by atoms with Crippen LogP contribution >= 0.6 is 11.3 Å². The molecule has 0 aliphatic heterocycles. The molecule has 0 fully saturated rings. The highest BCUT2D eigenvalue weighted by Gasteiger charge is 2.46. The van der Waals surface area contributed by atoms with Gasteiger partial charge < -0.3 is 13.9 Å². The van der Waals surface area contributed by atoms with E-state index in [4.69, 9.17) is 4.42 Å². The van der Waals surface area contributed by atoms with Crippen molar-refractivity contribution >= 4 is 92.3 Å². The van der Waals surface area contributed by atoms with Gasteiger partial charge in [0.1, 0.15) is 11.2 Å². The van der Waals surface area contributed by atoms with Crippen molar-refractivity contribution in [3.63, 3.8) is 0 Å². The summed E-state index contributed by atoms with van der Waals surface area (Å²) >= 11 is 1.85. The third-order valence-electron chi connectivity index (χ3n) is 15.0. The predicted molar refractivity (Wildman–Crippen MR) is 298 cm³/mol. The molecule has 15 rings (SSSR count). The lowest BCUT2D eigenvalue weighted by Gasteiger charge is -2.34. The molecule has 11 aromatic carbocycles. The predicted octanol–water partition coefficient (Wildman–Crippen LogP) is 18.6. The van der Waals surface area contributed by atoms with Crippen LogP contribution in [0.1, 0.15) is 22.3 Å². The number of aromatic nitrogens is 1. The number of para-hydroxylation sites is 3. The Bertz CT molecular complexity index is 4370. The van der Waals surface area contributed by atoms with Crippen LogP contribution in [0.2, 0.25) is 0 Å². The minimum absolute atomic E-state index is 0.503. The number of benzene rings is 11. The van der Waals surface area contributed by atoms with Gasteiger partial charge in [-0.3, -0.25) is 0 Å². The first kappa shape index (κ1) is 40.0. The molecular formula is C67H42N2OS. The van der Waals surface area contributed by atoms with Crippen LogP contribution in [-0.2, 0) is 5.41 Å². The second kappa shape index (κ2) is 15.5. The minimum Gasteiger partial charge on any atom is -0.455 e. The van der Waals surface area contributed by atoms with Crippen LogP contribution in [0, 0.1) is 0 Å². The van der Waals surface area contributed by atoms with Gasteiger partial charge in [-0.05, 0) is 118 Å². The summed E-state index contributed by atoms with van der Waals surface area (Å²) in [6.07, 6.45) is 0. The Morgan fingerprint density at radius 1 is 0.366 bits per heavy atom. The standard InChI is InChI=1S/C67H42N2OS/c1-4-18-44(19-5-1)67(45-20-6-2-7-21-45)59-28-14-10-24-50(59)51-35-33-47(41-60(51)67)69-61-29-15-11-25-52(61)57-38-43(32-37-62(57)69)56-39-49(40-58-53-26-12-16-30-63(53)70-66(56)58)68(46-22-8-3-9-23-46)48-34-36-55-54-27-13-17-31-64(54)71-65(55)42-48/h1-42H. The molecular weight excluding hydrogens is 881 g/mol. The Hall–Kier alpha value is -8.96. The van der Waals surface area contributed by atoms with Gasteiger partial charge in [-0.2, -0.15) is 0 Å². The summed E-state index contributed by atoms with van der Waals surface area (Å²) in [5.74, 6) is 0. The molecule has 0 atom stereocenters. The Kier molecular flexibility index (Phi) is 8.74. The van der Waals surface area contributed by atoms with Crippen LogP contribution in [0.5, 0.6) is 0 Å². The Morgan fingerprint density at radius 2 is 1.01 bits per heavy atom. The number of furan rings is 1. The summed E-state index contributed by atoms with van der Waals surface area (Å²) in [5.41, 5.74) is 17.7.